The topological polar surface area (TPSA) is 73.9 Å². The predicted octanol–water partition coefficient (Wildman–Crippen LogP) is 1.83. The van der Waals surface area contributed by atoms with Gasteiger partial charge in [0.2, 0.25) is 0 Å². The number of nitrogens with zero attached hydrogens (tertiary/aromatic N) is 2. The second-order valence-electron chi connectivity index (χ2n) is 7.00. The van der Waals surface area contributed by atoms with Crippen LogP contribution in [0.2, 0.25) is 0 Å². The molecule has 2 amide bonds. The first-order valence-corrected chi connectivity index (χ1v) is 10.8. The molecule has 1 aromatic carbocycles. The highest BCUT2D eigenvalue weighted by Crippen LogP contribution is 2.29. The van der Waals surface area contributed by atoms with Gasteiger partial charge in [0.25, 0.3) is 0 Å². The molecule has 1 fully saturated rings. The van der Waals surface area contributed by atoms with Crippen molar-refractivity contribution in [3.05, 3.63) is 41.1 Å². The Morgan fingerprint density at radius 3 is 2.50 bits per heavy atom. The van der Waals surface area contributed by atoms with Gasteiger partial charge in [0.15, 0.2) is 0 Å². The second-order valence-corrected chi connectivity index (χ2v) is 7.88. The number of esters is 1. The Hall–Kier alpha value is -2.03. The monoisotopic (exact) mass is 404 g/mol. The number of amides is 2. The molecule has 0 aliphatic carbocycles. The van der Waals surface area contributed by atoms with Gasteiger partial charge in [-0.05, 0) is 37.9 Å². The molecule has 28 heavy (non-hydrogen) atoms. The van der Waals surface area contributed by atoms with Crippen LogP contribution in [0.15, 0.2) is 40.4 Å². The molecule has 0 saturated carbocycles. The molecule has 2 heterocycles. The fourth-order valence-corrected chi connectivity index (χ4v) is 3.88. The molecule has 0 radical (unpaired) electrons. The van der Waals surface area contributed by atoms with E-state index in [1.54, 1.807) is 18.7 Å². The third kappa shape index (κ3) is 4.87. The third-order valence-electron chi connectivity index (χ3n) is 5.08. The number of rotatable bonds is 6. The summed E-state index contributed by atoms with van der Waals surface area (Å²) < 4.78 is 5.33. The fraction of sp³-hybridized carbons (Fsp3) is 0.500. The second kappa shape index (κ2) is 9.45. The molecular weight excluding hydrogens is 376 g/mol. The Balaban J connectivity index is 1.93. The predicted molar refractivity (Wildman–Crippen MR) is 110 cm³/mol. The SMILES string of the molecule is CCOC(=O)C1=C(CN2CCN(C)CC2)NC(=O)N[C@@H]1c1ccc(SC)cc1. The molecule has 7 nitrogen and oxygen atoms in total. The minimum Gasteiger partial charge on any atom is -0.463 e. The van der Waals surface area contributed by atoms with Crippen molar-refractivity contribution in [2.45, 2.75) is 17.9 Å². The number of carbonyl (C=O) groups is 2. The van der Waals surface area contributed by atoms with Gasteiger partial charge in [-0.15, -0.1) is 11.8 Å². The van der Waals surface area contributed by atoms with E-state index >= 15 is 0 Å². The molecule has 0 spiro atoms. The van der Waals surface area contributed by atoms with Crippen LogP contribution in [0.4, 0.5) is 4.79 Å². The van der Waals surface area contributed by atoms with E-state index in [2.05, 4.69) is 27.5 Å². The fourth-order valence-electron chi connectivity index (χ4n) is 3.47. The maximum atomic E-state index is 12.8. The molecule has 2 N–H and O–H groups in total. The van der Waals surface area contributed by atoms with Crippen LogP contribution >= 0.6 is 11.8 Å². The number of likely N-dealkylation sites (N-methyl/N-ethyl adjacent to an activating group) is 1. The number of hydrogen-bond donors (Lipinski definition) is 2. The lowest BCUT2D eigenvalue weighted by atomic mass is 9.95. The van der Waals surface area contributed by atoms with Gasteiger partial charge in [-0.2, -0.15) is 0 Å². The summed E-state index contributed by atoms with van der Waals surface area (Å²) in [5.41, 5.74) is 1.98. The molecular formula is C20H28N4O3S. The van der Waals surface area contributed by atoms with Gasteiger partial charge in [-0.1, -0.05) is 12.1 Å². The first kappa shape index (κ1) is 20.7. The smallest absolute Gasteiger partial charge is 0.338 e. The van der Waals surface area contributed by atoms with E-state index in [4.69, 9.17) is 4.74 Å². The molecule has 8 heteroatoms. The van der Waals surface area contributed by atoms with Gasteiger partial charge in [0, 0.05) is 43.3 Å². The average molecular weight is 405 g/mol. The lowest BCUT2D eigenvalue weighted by Gasteiger charge is -2.35. The number of thioether (sulfide) groups is 1. The van der Waals surface area contributed by atoms with Crippen LogP contribution in [0.1, 0.15) is 18.5 Å². The molecule has 2 aliphatic rings. The number of ether oxygens (including phenoxy) is 1. The highest BCUT2D eigenvalue weighted by molar-refractivity contribution is 7.98. The van der Waals surface area contributed by atoms with E-state index in [9.17, 15) is 9.59 Å². The van der Waals surface area contributed by atoms with Crippen LogP contribution in [-0.4, -0.2) is 74.4 Å². The standard InChI is InChI=1S/C20H28N4O3S/c1-4-27-19(25)17-16(13-24-11-9-23(2)10-12-24)21-20(26)22-18(17)14-5-7-15(28-3)8-6-14/h5-8,18H,4,9-13H2,1-3H3,(H2,21,22,26)/t18-/m1/s1. The molecule has 1 atom stereocenters. The maximum absolute atomic E-state index is 12.8. The summed E-state index contributed by atoms with van der Waals surface area (Å²) in [7, 11) is 2.10. The number of benzene rings is 1. The highest BCUT2D eigenvalue weighted by atomic mass is 32.2. The van der Waals surface area contributed by atoms with Crippen LogP contribution < -0.4 is 10.6 Å². The van der Waals surface area contributed by atoms with Crippen LogP contribution in [0.5, 0.6) is 0 Å². The molecule has 0 bridgehead atoms. The van der Waals surface area contributed by atoms with Crippen molar-refractivity contribution >= 4 is 23.8 Å². The van der Waals surface area contributed by atoms with E-state index in [0.29, 0.717) is 17.8 Å². The first-order chi connectivity index (χ1) is 13.5. The molecule has 152 valence electrons. The average Bonchev–Trinajstić information content (AvgIpc) is 2.69. The van der Waals surface area contributed by atoms with Crippen LogP contribution in [0, 0.1) is 0 Å². The zero-order valence-corrected chi connectivity index (χ0v) is 17.5. The summed E-state index contributed by atoms with van der Waals surface area (Å²) in [6, 6.07) is 7.08. The summed E-state index contributed by atoms with van der Waals surface area (Å²) in [6.07, 6.45) is 2.01. The van der Waals surface area contributed by atoms with Gasteiger partial charge in [0.05, 0.1) is 18.2 Å². The number of nitrogens with one attached hydrogen (secondary N) is 2. The Morgan fingerprint density at radius 1 is 1.21 bits per heavy atom. The van der Waals surface area contributed by atoms with E-state index < -0.39 is 12.0 Å². The summed E-state index contributed by atoms with van der Waals surface area (Å²) >= 11 is 1.65. The highest BCUT2D eigenvalue weighted by Gasteiger charge is 2.34. The van der Waals surface area contributed by atoms with Crippen LogP contribution in [-0.2, 0) is 9.53 Å². The first-order valence-electron chi connectivity index (χ1n) is 9.54. The number of piperazine rings is 1. The van der Waals surface area contributed by atoms with E-state index in [1.807, 2.05) is 30.5 Å². The Morgan fingerprint density at radius 2 is 1.89 bits per heavy atom. The van der Waals surface area contributed by atoms with Gasteiger partial charge >= 0.3 is 12.0 Å². The number of urea groups is 1. The Bertz CT molecular complexity index is 742. The largest absolute Gasteiger partial charge is 0.463 e. The molecule has 1 saturated heterocycles. The van der Waals surface area contributed by atoms with Crippen molar-refractivity contribution in [1.82, 2.24) is 20.4 Å². The molecule has 3 rings (SSSR count). The maximum Gasteiger partial charge on any atom is 0.338 e. The van der Waals surface area contributed by atoms with E-state index in [-0.39, 0.29) is 12.6 Å². The van der Waals surface area contributed by atoms with Crippen LogP contribution in [0.3, 0.4) is 0 Å². The summed E-state index contributed by atoms with van der Waals surface area (Å²) in [6.45, 7) is 6.32. The number of hydrogen-bond acceptors (Lipinski definition) is 6. The summed E-state index contributed by atoms with van der Waals surface area (Å²) in [5.74, 6) is -0.391. The zero-order valence-electron chi connectivity index (χ0n) is 16.7. The van der Waals surface area contributed by atoms with E-state index in [0.717, 1.165) is 36.6 Å². The molecule has 2 aliphatic heterocycles. The van der Waals surface area contributed by atoms with Crippen molar-refractivity contribution in [3.8, 4) is 0 Å². The lowest BCUT2D eigenvalue weighted by Crippen LogP contribution is -2.51. The van der Waals surface area contributed by atoms with E-state index in [1.165, 1.54) is 0 Å². The zero-order chi connectivity index (χ0) is 20.1. The minimum atomic E-state index is -0.522. The molecule has 0 aromatic heterocycles. The molecule has 0 unspecified atom stereocenters. The number of carbonyl (C=O) groups excluding carboxylic acids is 2. The Kier molecular flexibility index (Phi) is 6.98. The van der Waals surface area contributed by atoms with Gasteiger partial charge in [-0.25, -0.2) is 9.59 Å². The molecule has 1 aromatic rings. The third-order valence-corrected chi connectivity index (χ3v) is 5.82. The quantitative estimate of drug-likeness (QED) is 0.557. The Labute approximate surface area is 170 Å². The van der Waals surface area contributed by atoms with Crippen molar-refractivity contribution in [1.29, 1.82) is 0 Å². The van der Waals surface area contributed by atoms with Crippen LogP contribution in [0.25, 0.3) is 0 Å². The van der Waals surface area contributed by atoms with Gasteiger partial charge in [-0.3, -0.25) is 4.90 Å². The minimum absolute atomic E-state index is 0.288. The summed E-state index contributed by atoms with van der Waals surface area (Å²) in [5, 5.41) is 5.75. The summed E-state index contributed by atoms with van der Waals surface area (Å²) in [4.78, 5) is 30.8. The van der Waals surface area contributed by atoms with Gasteiger partial charge < -0.3 is 20.3 Å². The van der Waals surface area contributed by atoms with Crippen molar-refractivity contribution in [2.75, 3.05) is 52.6 Å². The van der Waals surface area contributed by atoms with Gasteiger partial charge in [0.1, 0.15) is 0 Å². The lowest BCUT2D eigenvalue weighted by molar-refractivity contribution is -0.139. The van der Waals surface area contributed by atoms with Crippen molar-refractivity contribution in [2.24, 2.45) is 0 Å². The van der Waals surface area contributed by atoms with Crippen molar-refractivity contribution < 1.29 is 14.3 Å². The normalized spacial score (nSPS) is 21.2. The van der Waals surface area contributed by atoms with Crippen molar-refractivity contribution in [3.63, 3.8) is 0 Å².